The Kier molecular flexibility index (Phi) is 6.14. The highest BCUT2D eigenvalue weighted by atomic mass is 35.5. The van der Waals surface area contributed by atoms with Crippen LogP contribution in [0.1, 0.15) is 25.7 Å². The van der Waals surface area contributed by atoms with E-state index in [1.54, 1.807) is 23.1 Å². The smallest absolute Gasteiger partial charge is 0.341 e. The number of benzene rings is 1. The van der Waals surface area contributed by atoms with Crippen LogP contribution in [0.25, 0.3) is 0 Å². The second-order valence-electron chi connectivity index (χ2n) is 8.21. The quantitative estimate of drug-likeness (QED) is 0.668. The van der Waals surface area contributed by atoms with Gasteiger partial charge in [-0.2, -0.15) is 0 Å². The number of amides is 2. The Morgan fingerprint density at radius 1 is 1.07 bits per heavy atom. The van der Waals surface area contributed by atoms with Gasteiger partial charge in [-0.15, -0.1) is 0 Å². The number of urea groups is 1. The van der Waals surface area contributed by atoms with Crippen LogP contribution < -0.4 is 27.0 Å². The maximum atomic E-state index is 13.0. The normalized spacial score (nSPS) is 23.8. The topological polar surface area (TPSA) is 117 Å². The van der Waals surface area contributed by atoms with E-state index in [4.69, 9.17) is 23.1 Å². The molecule has 5 N–H and O–H groups in total. The van der Waals surface area contributed by atoms with Gasteiger partial charge in [0.1, 0.15) is 6.17 Å². The Balaban J connectivity index is 1.65. The van der Waals surface area contributed by atoms with E-state index >= 15 is 0 Å². The third-order valence-electron chi connectivity index (χ3n) is 6.18. The van der Waals surface area contributed by atoms with Crippen LogP contribution in [-0.4, -0.2) is 66.8 Å². The van der Waals surface area contributed by atoms with Crippen LogP contribution in [-0.2, 0) is 0 Å². The summed E-state index contributed by atoms with van der Waals surface area (Å²) in [5.74, 6) is 0. The van der Waals surface area contributed by atoms with Crippen molar-refractivity contribution in [3.63, 3.8) is 0 Å². The molecule has 3 aliphatic rings. The van der Waals surface area contributed by atoms with Gasteiger partial charge in [0.2, 0.25) is 0 Å². The van der Waals surface area contributed by atoms with Gasteiger partial charge in [0.15, 0.2) is 0 Å². The molecule has 0 aromatic heterocycles. The van der Waals surface area contributed by atoms with Crippen molar-refractivity contribution in [3.8, 4) is 0 Å². The molecule has 4 rings (SSSR count). The summed E-state index contributed by atoms with van der Waals surface area (Å²) in [6.07, 6.45) is 3.43. The molecule has 1 unspecified atom stereocenters. The van der Waals surface area contributed by atoms with Crippen molar-refractivity contribution < 1.29 is 4.79 Å². The number of nitrogens with two attached hydrogens (primary N) is 2. The highest BCUT2D eigenvalue weighted by Gasteiger charge is 2.37. The van der Waals surface area contributed by atoms with E-state index in [9.17, 15) is 10.0 Å². The molecule has 160 valence electrons. The molecule has 0 spiro atoms. The number of hydrogen-bond acceptors (Lipinski definition) is 7. The standard InChI is InChI=1S/C19H29ClN7O2/c20-13-1-2-16-17(11-13)26(19(28)23-27(16)29)18(25-9-5-15(22)6-10-25)12-24-7-3-14(21)4-8-24/h1-2,11,14-15,18H,3-10,12,21-22H2,(H,23,28)/q-1. The first-order valence-electron chi connectivity index (χ1n) is 10.3. The van der Waals surface area contributed by atoms with E-state index < -0.39 is 6.03 Å². The van der Waals surface area contributed by atoms with Crippen LogP contribution in [0.15, 0.2) is 18.2 Å². The molecular formula is C19H29ClN7O2-. The van der Waals surface area contributed by atoms with Gasteiger partial charge in [-0.05, 0) is 57.0 Å². The Morgan fingerprint density at radius 3 is 2.34 bits per heavy atom. The maximum absolute atomic E-state index is 13.0. The molecule has 2 amide bonds. The minimum absolute atomic E-state index is 0.189. The molecule has 1 atom stereocenters. The van der Waals surface area contributed by atoms with Crippen molar-refractivity contribution in [2.45, 2.75) is 43.9 Å². The molecule has 1 aromatic carbocycles. The van der Waals surface area contributed by atoms with Crippen LogP contribution in [0.2, 0.25) is 5.02 Å². The van der Waals surface area contributed by atoms with Gasteiger partial charge < -0.3 is 21.8 Å². The van der Waals surface area contributed by atoms with Crippen molar-refractivity contribution >= 4 is 29.0 Å². The van der Waals surface area contributed by atoms with Gasteiger partial charge in [0, 0.05) is 36.7 Å². The predicted molar refractivity (Wildman–Crippen MR) is 115 cm³/mol. The summed E-state index contributed by atoms with van der Waals surface area (Å²) in [7, 11) is 0. The first-order chi connectivity index (χ1) is 13.9. The van der Waals surface area contributed by atoms with E-state index in [1.165, 1.54) is 0 Å². The summed E-state index contributed by atoms with van der Waals surface area (Å²) in [5.41, 5.74) is 15.5. The zero-order chi connectivity index (χ0) is 20.5. The molecule has 10 heteroatoms. The molecule has 3 heterocycles. The van der Waals surface area contributed by atoms with E-state index in [0.717, 1.165) is 51.9 Å². The number of halogens is 1. The summed E-state index contributed by atoms with van der Waals surface area (Å²) in [5, 5.41) is 13.3. The number of hydrogen-bond donors (Lipinski definition) is 3. The Labute approximate surface area is 176 Å². The van der Waals surface area contributed by atoms with Gasteiger partial charge in [0.05, 0.1) is 11.4 Å². The summed E-state index contributed by atoms with van der Waals surface area (Å²) in [6, 6.07) is 4.97. The van der Waals surface area contributed by atoms with E-state index in [1.807, 2.05) is 0 Å². The SMILES string of the molecule is NC1CCN(CC(N2CCC(N)CC2)N2C(=O)NN([O-])c3ccc(Cl)cc32)CC1. The Bertz CT molecular complexity index is 735. The van der Waals surface area contributed by atoms with Crippen molar-refractivity contribution in [2.75, 3.05) is 42.8 Å². The number of fused-ring (bicyclic) bond motifs is 1. The van der Waals surface area contributed by atoms with Gasteiger partial charge in [-0.3, -0.25) is 20.1 Å². The second-order valence-corrected chi connectivity index (χ2v) is 8.64. The van der Waals surface area contributed by atoms with Crippen LogP contribution >= 0.6 is 11.6 Å². The van der Waals surface area contributed by atoms with Crippen molar-refractivity contribution in [3.05, 3.63) is 28.4 Å². The first-order valence-corrected chi connectivity index (χ1v) is 10.6. The first kappa shape index (κ1) is 20.6. The number of rotatable bonds is 4. The van der Waals surface area contributed by atoms with E-state index in [2.05, 4.69) is 15.2 Å². The molecule has 0 bridgehead atoms. The monoisotopic (exact) mass is 422 g/mol. The zero-order valence-electron chi connectivity index (χ0n) is 16.5. The Hall–Kier alpha value is -1.62. The lowest BCUT2D eigenvalue weighted by Gasteiger charge is -2.49. The lowest BCUT2D eigenvalue weighted by Crippen LogP contribution is -2.64. The second kappa shape index (κ2) is 8.63. The fraction of sp³-hybridized carbons (Fsp3) is 0.632. The minimum Gasteiger partial charge on any atom is -0.739 e. The molecule has 0 saturated carbocycles. The van der Waals surface area contributed by atoms with Crippen LogP contribution in [0.4, 0.5) is 16.2 Å². The average Bonchev–Trinajstić information content (AvgIpc) is 2.69. The highest BCUT2D eigenvalue weighted by molar-refractivity contribution is 6.31. The fourth-order valence-corrected chi connectivity index (χ4v) is 4.58. The van der Waals surface area contributed by atoms with Gasteiger partial charge in [0.25, 0.3) is 0 Å². The largest absolute Gasteiger partial charge is 0.739 e. The molecule has 0 radical (unpaired) electrons. The van der Waals surface area contributed by atoms with Gasteiger partial charge in [-0.25, -0.2) is 4.79 Å². The van der Waals surface area contributed by atoms with Crippen molar-refractivity contribution in [2.24, 2.45) is 11.5 Å². The van der Waals surface area contributed by atoms with Gasteiger partial charge >= 0.3 is 6.03 Å². The molecule has 3 aliphatic heterocycles. The van der Waals surface area contributed by atoms with Crippen molar-refractivity contribution in [1.29, 1.82) is 0 Å². The molecule has 2 saturated heterocycles. The molecule has 9 nitrogen and oxygen atoms in total. The molecule has 0 aliphatic carbocycles. The molecule has 2 fully saturated rings. The Morgan fingerprint density at radius 2 is 1.69 bits per heavy atom. The predicted octanol–water partition coefficient (Wildman–Crippen LogP) is 1.26. The lowest BCUT2D eigenvalue weighted by atomic mass is 10.0. The number of hydrazine groups is 1. The number of likely N-dealkylation sites (tertiary alicyclic amines) is 2. The zero-order valence-corrected chi connectivity index (χ0v) is 17.2. The van der Waals surface area contributed by atoms with Crippen LogP contribution in [0.3, 0.4) is 0 Å². The highest BCUT2D eigenvalue weighted by Crippen LogP contribution is 2.36. The number of nitrogens with one attached hydrogen (secondary N) is 1. The lowest BCUT2D eigenvalue weighted by molar-refractivity contribution is 0.0990. The minimum atomic E-state index is -0.441. The van der Waals surface area contributed by atoms with Crippen LogP contribution in [0, 0.1) is 5.21 Å². The number of piperidine rings is 2. The van der Waals surface area contributed by atoms with E-state index in [0.29, 0.717) is 28.1 Å². The van der Waals surface area contributed by atoms with Crippen LogP contribution in [0.5, 0.6) is 0 Å². The van der Waals surface area contributed by atoms with E-state index in [-0.39, 0.29) is 18.2 Å². The van der Waals surface area contributed by atoms with Gasteiger partial charge in [-0.1, -0.05) is 11.6 Å². The molecule has 29 heavy (non-hydrogen) atoms. The summed E-state index contributed by atoms with van der Waals surface area (Å²) < 4.78 is 0. The number of carbonyl (C=O) groups excluding carboxylic acids is 1. The number of nitrogens with zero attached hydrogens (tertiary/aromatic N) is 4. The summed E-state index contributed by atoms with van der Waals surface area (Å²) >= 11 is 6.22. The molecular weight excluding hydrogens is 394 g/mol. The third-order valence-corrected chi connectivity index (χ3v) is 6.41. The third kappa shape index (κ3) is 4.45. The van der Waals surface area contributed by atoms with Crippen molar-refractivity contribution in [1.82, 2.24) is 15.2 Å². The number of carbonyl (C=O) groups is 1. The maximum Gasteiger partial charge on any atom is 0.341 e. The average molecular weight is 423 g/mol. The fourth-order valence-electron chi connectivity index (χ4n) is 4.41. The summed E-state index contributed by atoms with van der Waals surface area (Å²) in [6.45, 7) is 4.09. The molecule has 1 aromatic rings. The summed E-state index contributed by atoms with van der Waals surface area (Å²) in [4.78, 5) is 19.3. The number of anilines is 2.